The van der Waals surface area contributed by atoms with Gasteiger partial charge < -0.3 is 14.8 Å². The minimum Gasteiger partial charge on any atom is -0.493 e. The first kappa shape index (κ1) is 14.2. The van der Waals surface area contributed by atoms with Crippen LogP contribution < -0.4 is 14.8 Å². The van der Waals surface area contributed by atoms with Gasteiger partial charge in [-0.3, -0.25) is 0 Å². The summed E-state index contributed by atoms with van der Waals surface area (Å²) in [6.45, 7) is 2.42. The van der Waals surface area contributed by atoms with Crippen molar-refractivity contribution in [1.29, 1.82) is 0 Å². The second kappa shape index (κ2) is 6.80. The van der Waals surface area contributed by atoms with Crippen LogP contribution in [0.25, 0.3) is 0 Å². The maximum atomic E-state index is 13.5. The summed E-state index contributed by atoms with van der Waals surface area (Å²) in [5.41, 5.74) is 0.475. The summed E-state index contributed by atoms with van der Waals surface area (Å²) < 4.78 is 24.5. The zero-order valence-corrected chi connectivity index (χ0v) is 11.6. The van der Waals surface area contributed by atoms with Crippen molar-refractivity contribution >= 4 is 5.69 Å². The van der Waals surface area contributed by atoms with Gasteiger partial charge in [-0.1, -0.05) is 24.3 Å². The van der Waals surface area contributed by atoms with Crippen LogP contribution >= 0.6 is 0 Å². The Morgan fingerprint density at radius 1 is 1.05 bits per heavy atom. The molecule has 2 rings (SSSR count). The van der Waals surface area contributed by atoms with Gasteiger partial charge in [-0.25, -0.2) is 4.39 Å². The maximum absolute atomic E-state index is 13.5. The molecule has 0 aliphatic rings. The van der Waals surface area contributed by atoms with Crippen LogP contribution in [0, 0.1) is 5.82 Å². The first-order valence-corrected chi connectivity index (χ1v) is 6.49. The van der Waals surface area contributed by atoms with E-state index in [-0.39, 0.29) is 11.9 Å². The molecule has 1 N–H and O–H groups in total. The van der Waals surface area contributed by atoms with Gasteiger partial charge in [0, 0.05) is 0 Å². The van der Waals surface area contributed by atoms with Gasteiger partial charge in [0.15, 0.2) is 11.5 Å². The summed E-state index contributed by atoms with van der Waals surface area (Å²) >= 11 is 0. The summed E-state index contributed by atoms with van der Waals surface area (Å²) in [6.07, 6.45) is -0.120. The van der Waals surface area contributed by atoms with Crippen LogP contribution in [-0.4, -0.2) is 19.8 Å². The number of anilines is 1. The predicted octanol–water partition coefficient (Wildman–Crippen LogP) is 3.71. The fraction of sp³-hybridized carbons (Fsp3) is 0.250. The van der Waals surface area contributed by atoms with Crippen LogP contribution in [0.5, 0.6) is 11.5 Å². The predicted molar refractivity (Wildman–Crippen MR) is 78.0 cm³/mol. The van der Waals surface area contributed by atoms with E-state index in [2.05, 4.69) is 5.32 Å². The van der Waals surface area contributed by atoms with Crippen LogP contribution in [0.1, 0.15) is 6.92 Å². The van der Waals surface area contributed by atoms with Crippen molar-refractivity contribution in [2.75, 3.05) is 19.0 Å². The van der Waals surface area contributed by atoms with Crippen molar-refractivity contribution in [3.8, 4) is 11.5 Å². The Morgan fingerprint density at radius 3 is 2.40 bits per heavy atom. The highest BCUT2D eigenvalue weighted by atomic mass is 19.1. The fourth-order valence-electron chi connectivity index (χ4n) is 1.83. The quantitative estimate of drug-likeness (QED) is 0.871. The third-order valence-corrected chi connectivity index (χ3v) is 2.85. The molecule has 0 aliphatic heterocycles. The van der Waals surface area contributed by atoms with E-state index in [1.54, 1.807) is 25.3 Å². The molecule has 0 aliphatic carbocycles. The van der Waals surface area contributed by atoms with E-state index in [4.69, 9.17) is 9.47 Å². The molecular formula is C16H18FNO2. The molecule has 0 radical (unpaired) electrons. The molecule has 0 saturated carbocycles. The number of halogens is 1. The van der Waals surface area contributed by atoms with E-state index < -0.39 is 0 Å². The molecule has 1 unspecified atom stereocenters. The Hall–Kier alpha value is -2.23. The lowest BCUT2D eigenvalue weighted by Gasteiger charge is -2.18. The highest BCUT2D eigenvalue weighted by Gasteiger charge is 2.09. The number of benzene rings is 2. The normalized spacial score (nSPS) is 11.8. The van der Waals surface area contributed by atoms with Gasteiger partial charge in [0.1, 0.15) is 11.9 Å². The second-order valence-electron chi connectivity index (χ2n) is 4.44. The molecule has 0 saturated heterocycles. The zero-order valence-electron chi connectivity index (χ0n) is 11.6. The Labute approximate surface area is 118 Å². The number of ether oxygens (including phenoxy) is 2. The van der Waals surface area contributed by atoms with E-state index in [0.29, 0.717) is 23.7 Å². The van der Waals surface area contributed by atoms with Gasteiger partial charge in [0.25, 0.3) is 0 Å². The number of rotatable bonds is 6. The minimum atomic E-state index is -0.267. The zero-order chi connectivity index (χ0) is 14.4. The van der Waals surface area contributed by atoms with Crippen LogP contribution in [0.3, 0.4) is 0 Å². The Balaban J connectivity index is 1.93. The molecule has 20 heavy (non-hydrogen) atoms. The highest BCUT2D eigenvalue weighted by molar-refractivity contribution is 5.44. The van der Waals surface area contributed by atoms with Crippen molar-refractivity contribution in [3.05, 3.63) is 54.3 Å². The minimum absolute atomic E-state index is 0.120. The first-order chi connectivity index (χ1) is 9.70. The van der Waals surface area contributed by atoms with Gasteiger partial charge in [-0.2, -0.15) is 0 Å². The van der Waals surface area contributed by atoms with E-state index >= 15 is 0 Å². The summed E-state index contributed by atoms with van der Waals surface area (Å²) in [5, 5.41) is 3.03. The van der Waals surface area contributed by atoms with Crippen molar-refractivity contribution in [2.45, 2.75) is 13.0 Å². The molecule has 1 atom stereocenters. The Morgan fingerprint density at radius 2 is 1.70 bits per heavy atom. The maximum Gasteiger partial charge on any atom is 0.161 e. The first-order valence-electron chi connectivity index (χ1n) is 6.49. The smallest absolute Gasteiger partial charge is 0.161 e. The Kier molecular flexibility index (Phi) is 4.82. The topological polar surface area (TPSA) is 30.5 Å². The number of nitrogens with one attached hydrogen (secondary N) is 1. The van der Waals surface area contributed by atoms with Crippen molar-refractivity contribution in [1.82, 2.24) is 0 Å². The van der Waals surface area contributed by atoms with Crippen molar-refractivity contribution in [2.24, 2.45) is 0 Å². The summed E-state index contributed by atoms with van der Waals surface area (Å²) in [6, 6.07) is 14.0. The van der Waals surface area contributed by atoms with Crippen molar-refractivity contribution in [3.63, 3.8) is 0 Å². The van der Waals surface area contributed by atoms with Crippen molar-refractivity contribution < 1.29 is 13.9 Å². The summed E-state index contributed by atoms with van der Waals surface area (Å²) in [5.74, 6) is 1.10. The molecule has 0 amide bonds. The number of hydrogen-bond donors (Lipinski definition) is 1. The Bertz CT molecular complexity index is 560. The molecule has 0 fully saturated rings. The standard InChI is InChI=1S/C16H18FNO2/c1-12(11-18-14-8-4-3-7-13(14)17)20-16-10-6-5-9-15(16)19-2/h3-10,12,18H,11H2,1-2H3. The molecule has 0 bridgehead atoms. The summed E-state index contributed by atoms with van der Waals surface area (Å²) in [4.78, 5) is 0. The molecule has 2 aromatic carbocycles. The van der Waals surface area contributed by atoms with Crippen LogP contribution in [0.15, 0.2) is 48.5 Å². The molecule has 106 valence electrons. The van der Waals surface area contributed by atoms with Gasteiger partial charge in [0.05, 0.1) is 19.3 Å². The molecule has 0 aromatic heterocycles. The van der Waals surface area contributed by atoms with Crippen LogP contribution in [-0.2, 0) is 0 Å². The molecule has 0 spiro atoms. The number of methoxy groups -OCH3 is 1. The molecule has 4 heteroatoms. The summed E-state index contributed by atoms with van der Waals surface area (Å²) in [7, 11) is 1.60. The number of para-hydroxylation sites is 3. The third-order valence-electron chi connectivity index (χ3n) is 2.85. The average molecular weight is 275 g/mol. The lowest BCUT2D eigenvalue weighted by molar-refractivity contribution is 0.223. The average Bonchev–Trinajstić information content (AvgIpc) is 2.47. The molecule has 3 nitrogen and oxygen atoms in total. The van der Waals surface area contributed by atoms with E-state index in [1.807, 2.05) is 31.2 Å². The van der Waals surface area contributed by atoms with Gasteiger partial charge in [-0.15, -0.1) is 0 Å². The highest BCUT2D eigenvalue weighted by Crippen LogP contribution is 2.26. The molecular weight excluding hydrogens is 257 g/mol. The number of hydrogen-bond acceptors (Lipinski definition) is 3. The van der Waals surface area contributed by atoms with Gasteiger partial charge in [-0.05, 0) is 31.2 Å². The van der Waals surface area contributed by atoms with E-state index in [0.717, 1.165) is 0 Å². The van der Waals surface area contributed by atoms with Gasteiger partial charge >= 0.3 is 0 Å². The third kappa shape index (κ3) is 3.63. The molecule has 2 aromatic rings. The van der Waals surface area contributed by atoms with Crippen LogP contribution in [0.2, 0.25) is 0 Å². The lowest BCUT2D eigenvalue weighted by atomic mass is 10.3. The van der Waals surface area contributed by atoms with Crippen LogP contribution in [0.4, 0.5) is 10.1 Å². The van der Waals surface area contributed by atoms with E-state index in [1.165, 1.54) is 6.07 Å². The van der Waals surface area contributed by atoms with E-state index in [9.17, 15) is 4.39 Å². The monoisotopic (exact) mass is 275 g/mol. The second-order valence-corrected chi connectivity index (χ2v) is 4.44. The largest absolute Gasteiger partial charge is 0.493 e. The SMILES string of the molecule is COc1ccccc1OC(C)CNc1ccccc1F. The van der Waals surface area contributed by atoms with Gasteiger partial charge in [0.2, 0.25) is 0 Å². The molecule has 0 heterocycles. The lowest BCUT2D eigenvalue weighted by Crippen LogP contribution is -2.23. The fourth-order valence-corrected chi connectivity index (χ4v) is 1.83.